The Morgan fingerprint density at radius 2 is 2.41 bits per heavy atom. The lowest BCUT2D eigenvalue weighted by atomic mass is 10.4. The van der Waals surface area contributed by atoms with Crippen molar-refractivity contribution in [3.05, 3.63) is 12.4 Å². The molecule has 1 aromatic rings. The summed E-state index contributed by atoms with van der Waals surface area (Å²) in [6, 6.07) is -0.650. The van der Waals surface area contributed by atoms with Crippen LogP contribution in [0.4, 0.5) is 0 Å². The van der Waals surface area contributed by atoms with Crippen molar-refractivity contribution in [1.82, 2.24) is 14.5 Å². The van der Waals surface area contributed by atoms with Crippen LogP contribution in [0, 0.1) is 12.3 Å². The molecule has 0 saturated carbocycles. The molecule has 0 aliphatic rings. The molecule has 17 heavy (non-hydrogen) atoms. The first kappa shape index (κ1) is 13.2. The SMILES string of the molecule is C#CC(C)NS(=O)(=O)c1cnn(CC(=O)O)c1. The quantitative estimate of drug-likeness (QED) is 0.677. The Bertz CT molecular complexity index is 555. The minimum Gasteiger partial charge on any atom is -0.480 e. The number of sulfonamides is 1. The summed E-state index contributed by atoms with van der Waals surface area (Å²) in [6.07, 6.45) is 7.24. The maximum atomic E-state index is 11.7. The van der Waals surface area contributed by atoms with Crippen molar-refractivity contribution < 1.29 is 18.3 Å². The third kappa shape index (κ3) is 3.58. The lowest BCUT2D eigenvalue weighted by Gasteiger charge is -2.06. The van der Waals surface area contributed by atoms with Crippen LogP contribution in [0.1, 0.15) is 6.92 Å². The number of terminal acetylenes is 1. The molecule has 7 nitrogen and oxygen atoms in total. The van der Waals surface area contributed by atoms with Gasteiger partial charge in [0.1, 0.15) is 11.4 Å². The molecule has 0 saturated heterocycles. The van der Waals surface area contributed by atoms with E-state index in [1.54, 1.807) is 0 Å². The van der Waals surface area contributed by atoms with Gasteiger partial charge in [-0.3, -0.25) is 9.48 Å². The fourth-order valence-corrected chi connectivity index (χ4v) is 2.16. The summed E-state index contributed by atoms with van der Waals surface area (Å²) in [5, 5.41) is 12.1. The predicted octanol–water partition coefficient (Wildman–Crippen LogP) is -0.732. The van der Waals surface area contributed by atoms with Gasteiger partial charge in [-0.1, -0.05) is 5.92 Å². The highest BCUT2D eigenvalue weighted by molar-refractivity contribution is 7.89. The van der Waals surface area contributed by atoms with Gasteiger partial charge in [-0.2, -0.15) is 9.82 Å². The summed E-state index contributed by atoms with van der Waals surface area (Å²) in [5.74, 6) is 1.11. The van der Waals surface area contributed by atoms with Crippen LogP contribution in [0.5, 0.6) is 0 Å². The van der Waals surface area contributed by atoms with Gasteiger partial charge in [-0.25, -0.2) is 8.42 Å². The molecule has 1 aromatic heterocycles. The van der Waals surface area contributed by atoms with E-state index in [9.17, 15) is 13.2 Å². The lowest BCUT2D eigenvalue weighted by Crippen LogP contribution is -2.31. The summed E-state index contributed by atoms with van der Waals surface area (Å²) in [4.78, 5) is 10.3. The zero-order valence-electron chi connectivity index (χ0n) is 8.99. The molecule has 0 aliphatic carbocycles. The maximum absolute atomic E-state index is 11.7. The predicted molar refractivity (Wildman–Crippen MR) is 58.5 cm³/mol. The third-order valence-corrected chi connectivity index (χ3v) is 3.29. The highest BCUT2D eigenvalue weighted by Gasteiger charge is 2.18. The third-order valence-electron chi connectivity index (χ3n) is 1.80. The monoisotopic (exact) mass is 257 g/mol. The molecule has 92 valence electrons. The number of hydrogen-bond donors (Lipinski definition) is 2. The molecule has 1 rings (SSSR count). The number of carbonyl (C=O) groups is 1. The van der Waals surface area contributed by atoms with E-state index in [4.69, 9.17) is 11.5 Å². The normalized spacial score (nSPS) is 12.9. The first-order valence-electron chi connectivity index (χ1n) is 4.58. The number of carboxylic acid groups (broad SMARTS) is 1. The molecular weight excluding hydrogens is 246 g/mol. The molecule has 1 atom stereocenters. The van der Waals surface area contributed by atoms with Crippen molar-refractivity contribution in [1.29, 1.82) is 0 Å². The second-order valence-corrected chi connectivity index (χ2v) is 4.99. The van der Waals surface area contributed by atoms with Gasteiger partial charge >= 0.3 is 5.97 Å². The lowest BCUT2D eigenvalue weighted by molar-refractivity contribution is -0.137. The van der Waals surface area contributed by atoms with Crippen LogP contribution in [0.25, 0.3) is 0 Å². The molecule has 0 bridgehead atoms. The van der Waals surface area contributed by atoms with E-state index in [2.05, 4.69) is 15.7 Å². The molecule has 0 spiro atoms. The fraction of sp³-hybridized carbons (Fsp3) is 0.333. The molecule has 0 aliphatic heterocycles. The van der Waals surface area contributed by atoms with Gasteiger partial charge in [0.05, 0.1) is 12.2 Å². The zero-order valence-corrected chi connectivity index (χ0v) is 9.81. The van der Waals surface area contributed by atoms with Crippen LogP contribution < -0.4 is 4.72 Å². The Kier molecular flexibility index (Phi) is 3.88. The topological polar surface area (TPSA) is 101 Å². The number of aliphatic carboxylic acids is 1. The number of nitrogens with zero attached hydrogens (tertiary/aromatic N) is 2. The van der Waals surface area contributed by atoms with Gasteiger partial charge in [0.2, 0.25) is 10.0 Å². The number of aromatic nitrogens is 2. The Morgan fingerprint density at radius 1 is 1.76 bits per heavy atom. The Balaban J connectivity index is 2.90. The molecule has 1 unspecified atom stereocenters. The Morgan fingerprint density at radius 3 is 2.94 bits per heavy atom. The van der Waals surface area contributed by atoms with Crippen LogP contribution in [-0.2, 0) is 21.4 Å². The molecule has 2 N–H and O–H groups in total. The average Bonchev–Trinajstić information content (AvgIpc) is 2.65. The van der Waals surface area contributed by atoms with Crippen molar-refractivity contribution >= 4 is 16.0 Å². The first-order valence-corrected chi connectivity index (χ1v) is 6.06. The van der Waals surface area contributed by atoms with Gasteiger partial charge in [0.15, 0.2) is 0 Å². The molecule has 0 amide bonds. The molecule has 0 aromatic carbocycles. The van der Waals surface area contributed by atoms with Gasteiger partial charge in [-0.15, -0.1) is 6.42 Å². The minimum absolute atomic E-state index is 0.124. The summed E-state index contributed by atoms with van der Waals surface area (Å²) < 4.78 is 26.6. The second kappa shape index (κ2) is 4.99. The van der Waals surface area contributed by atoms with Crippen LogP contribution in [0.2, 0.25) is 0 Å². The van der Waals surface area contributed by atoms with Gasteiger partial charge in [-0.05, 0) is 6.92 Å². The molecule has 0 radical (unpaired) electrons. The summed E-state index contributed by atoms with van der Waals surface area (Å²) in [5.41, 5.74) is 0. The van der Waals surface area contributed by atoms with E-state index in [1.807, 2.05) is 0 Å². The van der Waals surface area contributed by atoms with E-state index in [-0.39, 0.29) is 4.90 Å². The van der Waals surface area contributed by atoms with Crippen LogP contribution in [0.15, 0.2) is 17.3 Å². The Labute approximate surface area is 98.5 Å². The standard InChI is InChI=1S/C9H11N3O4S/c1-3-7(2)11-17(15,16)8-4-10-12(5-8)6-9(13)14/h1,4-5,7,11H,6H2,2H3,(H,13,14). The second-order valence-electron chi connectivity index (χ2n) is 3.28. The molecular formula is C9H11N3O4S. The van der Waals surface area contributed by atoms with Crippen molar-refractivity contribution in [2.45, 2.75) is 24.4 Å². The highest BCUT2D eigenvalue weighted by Crippen LogP contribution is 2.07. The average molecular weight is 257 g/mol. The van der Waals surface area contributed by atoms with E-state index in [0.29, 0.717) is 0 Å². The number of hydrogen-bond acceptors (Lipinski definition) is 4. The summed E-state index contributed by atoms with van der Waals surface area (Å²) in [6.45, 7) is 1.11. The molecule has 1 heterocycles. The number of carboxylic acids is 1. The van der Waals surface area contributed by atoms with Crippen molar-refractivity contribution in [3.63, 3.8) is 0 Å². The zero-order chi connectivity index (χ0) is 13.1. The van der Waals surface area contributed by atoms with Crippen molar-refractivity contribution in [2.24, 2.45) is 0 Å². The van der Waals surface area contributed by atoms with E-state index in [1.165, 1.54) is 6.92 Å². The van der Waals surface area contributed by atoms with Crippen LogP contribution >= 0.6 is 0 Å². The largest absolute Gasteiger partial charge is 0.480 e. The molecule has 0 fully saturated rings. The number of rotatable bonds is 5. The summed E-state index contributed by atoms with van der Waals surface area (Å²) >= 11 is 0. The van der Waals surface area contributed by atoms with E-state index < -0.39 is 28.6 Å². The van der Waals surface area contributed by atoms with Crippen LogP contribution in [0.3, 0.4) is 0 Å². The Hall–Kier alpha value is -1.85. The van der Waals surface area contributed by atoms with E-state index >= 15 is 0 Å². The highest BCUT2D eigenvalue weighted by atomic mass is 32.2. The minimum atomic E-state index is -3.76. The van der Waals surface area contributed by atoms with Crippen molar-refractivity contribution in [3.8, 4) is 12.3 Å². The number of nitrogens with one attached hydrogen (secondary N) is 1. The smallest absolute Gasteiger partial charge is 0.325 e. The van der Waals surface area contributed by atoms with Crippen LogP contribution in [-0.4, -0.2) is 35.3 Å². The van der Waals surface area contributed by atoms with Gasteiger partial charge < -0.3 is 5.11 Å². The van der Waals surface area contributed by atoms with Gasteiger partial charge in [0.25, 0.3) is 0 Å². The first-order chi connectivity index (χ1) is 7.85. The summed E-state index contributed by atoms with van der Waals surface area (Å²) in [7, 11) is -3.76. The molecule has 8 heteroatoms. The van der Waals surface area contributed by atoms with E-state index in [0.717, 1.165) is 17.1 Å². The van der Waals surface area contributed by atoms with Gasteiger partial charge in [0, 0.05) is 6.20 Å². The van der Waals surface area contributed by atoms with Crippen molar-refractivity contribution in [2.75, 3.05) is 0 Å². The fourth-order valence-electron chi connectivity index (χ4n) is 1.04. The maximum Gasteiger partial charge on any atom is 0.325 e.